The minimum atomic E-state index is -5.00. The first-order chi connectivity index (χ1) is 21.9. The summed E-state index contributed by atoms with van der Waals surface area (Å²) in [6.45, 7) is 2.29. The Kier molecular flexibility index (Phi) is 7.57. The smallest absolute Gasteiger partial charge is 0.386 e. The molecule has 3 aliphatic heterocycles. The molecule has 46 heavy (non-hydrogen) atoms. The van der Waals surface area contributed by atoms with Gasteiger partial charge in [-0.15, -0.1) is 6.58 Å². The van der Waals surface area contributed by atoms with Gasteiger partial charge in [-0.25, -0.2) is 29.1 Å². The number of aromatic amines is 1. The maximum atomic E-state index is 13.3. The number of aromatic nitrogens is 8. The Hall–Kier alpha value is -3.66. The van der Waals surface area contributed by atoms with E-state index in [-0.39, 0.29) is 34.1 Å². The van der Waals surface area contributed by atoms with Crippen molar-refractivity contribution in [2.24, 2.45) is 5.92 Å². The number of ether oxygens (including phenoxy) is 2. The number of hydrogen-bond acceptors (Lipinski definition) is 17. The molecule has 2 unspecified atom stereocenters. The summed E-state index contributed by atoms with van der Waals surface area (Å²) in [5, 5.41) is 11.2. The topological polar surface area (TPSA) is 309 Å². The number of phosphoric acid groups is 2. The van der Waals surface area contributed by atoms with E-state index >= 15 is 0 Å². The fourth-order valence-electron chi connectivity index (χ4n) is 5.63. The van der Waals surface area contributed by atoms with Gasteiger partial charge in [-0.1, -0.05) is 6.08 Å². The fourth-order valence-corrected chi connectivity index (χ4v) is 7.58. The van der Waals surface area contributed by atoms with Crippen LogP contribution in [0.2, 0.25) is 0 Å². The van der Waals surface area contributed by atoms with Crippen LogP contribution in [0.1, 0.15) is 12.5 Å². The molecule has 0 spiro atoms. The zero-order valence-electron chi connectivity index (χ0n) is 23.2. The molecule has 0 aromatic carbocycles. The van der Waals surface area contributed by atoms with Gasteiger partial charge in [-0.2, -0.15) is 4.98 Å². The van der Waals surface area contributed by atoms with E-state index in [0.29, 0.717) is 0 Å². The molecule has 246 valence electrons. The number of aliphatic hydroxyl groups excluding tert-OH is 1. The number of nitrogen functional groups attached to an aromatic ring is 2. The van der Waals surface area contributed by atoms with Crippen LogP contribution in [-0.4, -0.2) is 97.7 Å². The van der Waals surface area contributed by atoms with Crippen molar-refractivity contribution in [1.29, 1.82) is 0 Å². The maximum Gasteiger partial charge on any atom is 0.472 e. The molecule has 10 atom stereocenters. The largest absolute Gasteiger partial charge is 0.472 e. The lowest BCUT2D eigenvalue weighted by molar-refractivity contribution is -0.0663. The zero-order valence-corrected chi connectivity index (χ0v) is 25.0. The Labute approximate surface area is 256 Å². The monoisotopic (exact) mass is 684 g/mol. The van der Waals surface area contributed by atoms with Crippen molar-refractivity contribution in [3.05, 3.63) is 42.0 Å². The number of aliphatic hydroxyl groups is 1. The average molecular weight is 684 g/mol. The molecule has 4 aromatic heterocycles. The Morgan fingerprint density at radius 2 is 1.52 bits per heavy atom. The van der Waals surface area contributed by atoms with Crippen molar-refractivity contribution in [3.63, 3.8) is 0 Å². The van der Waals surface area contributed by atoms with Gasteiger partial charge in [0, 0.05) is 0 Å². The second-order valence-electron chi connectivity index (χ2n) is 10.5. The van der Waals surface area contributed by atoms with E-state index in [0.717, 1.165) is 6.33 Å². The summed E-state index contributed by atoms with van der Waals surface area (Å²) in [5.74, 6) is -1.11. The van der Waals surface area contributed by atoms with Crippen molar-refractivity contribution in [3.8, 4) is 0 Å². The molecule has 22 nitrogen and oxygen atoms in total. The highest BCUT2D eigenvalue weighted by Crippen LogP contribution is 2.54. The molecule has 3 saturated heterocycles. The van der Waals surface area contributed by atoms with Gasteiger partial charge in [0.15, 0.2) is 28.9 Å². The van der Waals surface area contributed by atoms with Gasteiger partial charge in [0.2, 0.25) is 5.95 Å². The summed E-state index contributed by atoms with van der Waals surface area (Å²) in [5.41, 5.74) is 11.2. The summed E-state index contributed by atoms with van der Waals surface area (Å²) < 4.78 is 62.3. The number of fused-ring (bicyclic) bond motifs is 4. The van der Waals surface area contributed by atoms with Gasteiger partial charge in [0.05, 0.1) is 31.8 Å². The molecule has 0 amide bonds. The van der Waals surface area contributed by atoms with Gasteiger partial charge >= 0.3 is 15.6 Å². The third-order valence-corrected chi connectivity index (χ3v) is 9.64. The number of hydrogen-bond donors (Lipinski definition) is 6. The predicted molar refractivity (Wildman–Crippen MR) is 151 cm³/mol. The summed E-state index contributed by atoms with van der Waals surface area (Å²) in [6, 6.07) is 0. The quantitative estimate of drug-likeness (QED) is 0.112. The minimum Gasteiger partial charge on any atom is -0.386 e. The first-order valence-electron chi connectivity index (χ1n) is 13.4. The van der Waals surface area contributed by atoms with Crippen LogP contribution in [0.3, 0.4) is 0 Å². The number of anilines is 2. The zero-order chi connectivity index (χ0) is 32.5. The van der Waals surface area contributed by atoms with Crippen LogP contribution < -0.4 is 17.0 Å². The second-order valence-corrected chi connectivity index (χ2v) is 13.3. The predicted octanol–water partition coefficient (Wildman–Crippen LogP) is -0.900. The van der Waals surface area contributed by atoms with E-state index < -0.39 is 83.3 Å². The second kappa shape index (κ2) is 11.2. The third kappa shape index (κ3) is 5.32. The van der Waals surface area contributed by atoms with Crippen LogP contribution >= 0.6 is 15.6 Å². The van der Waals surface area contributed by atoms with Crippen LogP contribution in [0.25, 0.3) is 22.3 Å². The molecule has 8 N–H and O–H groups in total. The van der Waals surface area contributed by atoms with E-state index in [9.17, 15) is 28.8 Å². The third-order valence-electron chi connectivity index (χ3n) is 7.67. The molecule has 3 fully saturated rings. The fraction of sp³-hybridized carbons (Fsp3) is 0.455. The van der Waals surface area contributed by atoms with E-state index in [1.54, 1.807) is 0 Å². The van der Waals surface area contributed by atoms with Crippen molar-refractivity contribution in [2.45, 2.75) is 43.0 Å². The Morgan fingerprint density at radius 1 is 0.913 bits per heavy atom. The van der Waals surface area contributed by atoms with Gasteiger partial charge < -0.3 is 35.8 Å². The molecule has 3 aliphatic rings. The highest BCUT2D eigenvalue weighted by Gasteiger charge is 2.53. The molecular formula is C22H26N10O12P2. The highest BCUT2D eigenvalue weighted by molar-refractivity contribution is 7.47. The Morgan fingerprint density at radius 3 is 2.22 bits per heavy atom. The minimum absolute atomic E-state index is 0.0178. The normalized spacial score (nSPS) is 37.0. The number of rotatable bonds is 3. The molecule has 0 saturated carbocycles. The van der Waals surface area contributed by atoms with Crippen molar-refractivity contribution in [2.75, 3.05) is 24.7 Å². The Balaban J connectivity index is 1.19. The molecule has 0 bridgehead atoms. The van der Waals surface area contributed by atoms with Gasteiger partial charge in [0.25, 0.3) is 5.56 Å². The standard InChI is InChI=1S/C22H26N10O12P2/c1-2-8-14-9(41-20(8)32-7-28-12-18(32)29-22(24)30-19(12)34)3-39-46(37,38)44-15-10(4-40-45(35,36)43-14)42-21(13(15)33)31-6-27-11-16(23)25-5-26-17(11)31/h2,5-10,13-15,20-21,33H,1,3-4H2,(H,35,36)(H,37,38)(H2,23,25,26)(H3,24,29,30,34)/t8-,9-,10-,13-,14+,15-,20-,21-/m1/s1. The number of nitrogens with two attached hydrogens (primary N) is 2. The molecule has 7 rings (SSSR count). The number of nitrogens with zero attached hydrogens (tertiary/aromatic N) is 7. The molecular weight excluding hydrogens is 658 g/mol. The number of phosphoric ester groups is 2. The molecule has 4 aromatic rings. The highest BCUT2D eigenvalue weighted by atomic mass is 31.2. The lowest BCUT2D eigenvalue weighted by Crippen LogP contribution is -2.38. The first kappa shape index (κ1) is 31.0. The van der Waals surface area contributed by atoms with Crippen LogP contribution in [-0.2, 0) is 36.7 Å². The SMILES string of the molecule is C=C[C@@H]1[C@@H]2OP(=O)(O)OC[C@H]3O[C@@H](n4cnc5c(N)ncnc54)[C@H](O)[C@@H]3OP(=O)(O)OC[C@H]2O[C@H]1n1cnc2c(=O)[nH]c(N)nc21. The molecule has 24 heteroatoms. The van der Waals surface area contributed by atoms with Crippen molar-refractivity contribution >= 4 is 49.7 Å². The lowest BCUT2D eigenvalue weighted by atomic mass is 10.00. The summed E-state index contributed by atoms with van der Waals surface area (Å²) >= 11 is 0. The average Bonchev–Trinajstić information content (AvgIpc) is 3.75. The van der Waals surface area contributed by atoms with Crippen molar-refractivity contribution < 1.29 is 51.6 Å². The summed E-state index contributed by atoms with van der Waals surface area (Å²) in [7, 11) is -9.96. The van der Waals surface area contributed by atoms with E-state index in [4.69, 9.17) is 39.0 Å². The van der Waals surface area contributed by atoms with E-state index in [1.165, 1.54) is 27.9 Å². The molecule has 0 radical (unpaired) electrons. The molecule has 0 aliphatic carbocycles. The van der Waals surface area contributed by atoms with Crippen molar-refractivity contribution in [1.82, 2.24) is 39.0 Å². The van der Waals surface area contributed by atoms with Crippen LogP contribution in [0.4, 0.5) is 11.8 Å². The number of imidazole rings is 2. The van der Waals surface area contributed by atoms with Crippen LogP contribution in [0, 0.1) is 5.92 Å². The number of nitrogens with one attached hydrogen (secondary N) is 1. The summed E-state index contributed by atoms with van der Waals surface area (Å²) in [6.07, 6.45) is -4.83. The van der Waals surface area contributed by atoms with Gasteiger partial charge in [-0.05, 0) is 0 Å². The molecule has 7 heterocycles. The van der Waals surface area contributed by atoms with E-state index in [2.05, 4.69) is 36.5 Å². The van der Waals surface area contributed by atoms with Crippen LogP contribution in [0.5, 0.6) is 0 Å². The van der Waals surface area contributed by atoms with Gasteiger partial charge in [-0.3, -0.25) is 37.0 Å². The van der Waals surface area contributed by atoms with E-state index in [1.807, 2.05) is 0 Å². The summed E-state index contributed by atoms with van der Waals surface area (Å²) in [4.78, 5) is 56.3. The maximum absolute atomic E-state index is 13.3. The first-order valence-corrected chi connectivity index (χ1v) is 16.4. The number of H-pyrrole nitrogens is 1. The lowest BCUT2D eigenvalue weighted by Gasteiger charge is -2.28. The van der Waals surface area contributed by atoms with Crippen LogP contribution in [0.15, 0.2) is 36.4 Å². The van der Waals surface area contributed by atoms with Gasteiger partial charge in [0.1, 0.15) is 48.6 Å². The Bertz CT molecular complexity index is 1990.